The highest BCUT2D eigenvalue weighted by Crippen LogP contribution is 2.20. The Balaban J connectivity index is 1.53. The number of hydrogen-bond acceptors (Lipinski definition) is 9. The summed E-state index contributed by atoms with van der Waals surface area (Å²) in [7, 11) is 0. The number of ether oxygens (including phenoxy) is 1. The van der Waals surface area contributed by atoms with Crippen LogP contribution in [0.4, 0.5) is 0 Å². The van der Waals surface area contributed by atoms with E-state index in [0.717, 1.165) is 12.5 Å². The summed E-state index contributed by atoms with van der Waals surface area (Å²) in [6.45, 7) is 2.07. The minimum atomic E-state index is -0.979. The first-order valence-electron chi connectivity index (χ1n) is 17.0. The molecule has 0 aliphatic carbocycles. The van der Waals surface area contributed by atoms with Gasteiger partial charge in [0.2, 0.25) is 35.4 Å². The molecule has 2 aromatic rings. The topological polar surface area (TPSA) is 214 Å². The number of furan rings is 1. The molecule has 0 radical (unpaired) electrons. The first-order valence-corrected chi connectivity index (χ1v) is 17.0. The zero-order valence-electron chi connectivity index (χ0n) is 28.1. The molecule has 2 aliphatic rings. The predicted octanol–water partition coefficient (Wildman–Crippen LogP) is -0.553. The largest absolute Gasteiger partial charge is 0.469 e. The number of rotatable bonds is 8. The van der Waals surface area contributed by atoms with Gasteiger partial charge in [0.25, 0.3) is 0 Å². The highest BCUT2D eigenvalue weighted by atomic mass is 16.5. The molecule has 15 nitrogen and oxygen atoms in total. The van der Waals surface area contributed by atoms with Gasteiger partial charge in [-0.3, -0.25) is 28.8 Å². The van der Waals surface area contributed by atoms with Crippen molar-refractivity contribution in [1.29, 1.82) is 0 Å². The smallest absolute Gasteiger partial charge is 0.246 e. The number of carbonyl (C=O) groups excluding carboxylic acids is 6. The third kappa shape index (κ3) is 12.5. The van der Waals surface area contributed by atoms with Gasteiger partial charge in [0.1, 0.15) is 17.8 Å². The van der Waals surface area contributed by atoms with Crippen LogP contribution in [-0.2, 0) is 52.9 Å². The molecular formula is C35H47N7O8. The van der Waals surface area contributed by atoms with Crippen LogP contribution in [0.3, 0.4) is 0 Å². The van der Waals surface area contributed by atoms with Gasteiger partial charge in [-0.2, -0.15) is 0 Å². The minimum absolute atomic E-state index is 0.0437. The monoisotopic (exact) mass is 693 g/mol. The Morgan fingerprint density at radius 3 is 2.56 bits per heavy atom. The summed E-state index contributed by atoms with van der Waals surface area (Å²) in [5, 5.41) is 13.9. The molecule has 1 saturated heterocycles. The number of fused-ring (bicyclic) bond motifs is 3. The van der Waals surface area contributed by atoms with Gasteiger partial charge < -0.3 is 46.4 Å². The molecule has 15 heteroatoms. The fraction of sp³-hybridized carbons (Fsp3) is 0.486. The zero-order valence-corrected chi connectivity index (χ0v) is 28.1. The zero-order chi connectivity index (χ0) is 35.7. The van der Waals surface area contributed by atoms with Crippen molar-refractivity contribution < 1.29 is 37.9 Å². The van der Waals surface area contributed by atoms with Gasteiger partial charge in [-0.05, 0) is 48.4 Å². The normalized spacial score (nSPS) is 22.3. The number of nitrogens with two attached hydrogens (primary N) is 1. The van der Waals surface area contributed by atoms with E-state index in [9.17, 15) is 28.8 Å². The number of nitrogens with zero attached hydrogens (tertiary/aromatic N) is 1. The fourth-order valence-electron chi connectivity index (χ4n) is 5.89. The van der Waals surface area contributed by atoms with E-state index in [0.29, 0.717) is 49.5 Å². The maximum atomic E-state index is 13.5. The van der Waals surface area contributed by atoms with Crippen LogP contribution < -0.4 is 32.3 Å². The number of nitrogens with one attached hydrogen (secondary N) is 5. The van der Waals surface area contributed by atoms with Gasteiger partial charge in [0.15, 0.2) is 0 Å². The Morgan fingerprint density at radius 2 is 1.78 bits per heavy atom. The average molecular weight is 694 g/mol. The standard InChI is InChI=1S/C35H47N7O8/c36-12-17-49-18-14-38-34(47)28-11-13-37-30(43)9-10-33(46)42-15-3-5-24(23-42)19-31(44)41-29(21-27-8-4-16-50-27)35(48)39-22-26-7-2-1-6-25(26)20-32(45)40-28/h1-2,4,6-10,16,24,28-29H,3,5,11-15,17-23,36H2,(H,37,43)(H,38,47)(H,39,48)(H,40,45)(H,41,44)/b10-9+/t24-,28+,29+/m1/s1. The van der Waals surface area contributed by atoms with Crippen molar-refractivity contribution in [2.24, 2.45) is 11.7 Å². The molecule has 6 amide bonds. The van der Waals surface area contributed by atoms with E-state index in [-0.39, 0.29) is 69.7 Å². The van der Waals surface area contributed by atoms with Gasteiger partial charge in [-0.25, -0.2) is 0 Å². The van der Waals surface area contributed by atoms with Gasteiger partial charge >= 0.3 is 0 Å². The third-order valence-corrected chi connectivity index (χ3v) is 8.43. The van der Waals surface area contributed by atoms with Crippen LogP contribution in [0.1, 0.15) is 42.6 Å². The summed E-state index contributed by atoms with van der Waals surface area (Å²) in [4.78, 5) is 80.1. The summed E-state index contributed by atoms with van der Waals surface area (Å²) in [5.74, 6) is -2.15. The third-order valence-electron chi connectivity index (χ3n) is 8.43. The van der Waals surface area contributed by atoms with E-state index < -0.39 is 35.7 Å². The van der Waals surface area contributed by atoms with Crippen molar-refractivity contribution in [2.75, 3.05) is 45.9 Å². The molecule has 1 aromatic carbocycles. The maximum absolute atomic E-state index is 13.5. The van der Waals surface area contributed by atoms with Gasteiger partial charge in [0, 0.05) is 64.3 Å². The molecule has 7 N–H and O–H groups in total. The molecule has 1 fully saturated rings. The van der Waals surface area contributed by atoms with E-state index in [1.807, 2.05) is 0 Å². The number of hydrogen-bond donors (Lipinski definition) is 6. The minimum Gasteiger partial charge on any atom is -0.469 e. The van der Waals surface area contributed by atoms with Crippen molar-refractivity contribution in [3.8, 4) is 0 Å². The van der Waals surface area contributed by atoms with Gasteiger partial charge in [0.05, 0.1) is 25.9 Å². The molecule has 0 spiro atoms. The van der Waals surface area contributed by atoms with Crippen molar-refractivity contribution in [3.05, 3.63) is 71.7 Å². The molecule has 2 bridgehead atoms. The number of benzene rings is 1. The molecule has 50 heavy (non-hydrogen) atoms. The number of carbonyl (C=O) groups is 6. The van der Waals surface area contributed by atoms with Gasteiger partial charge in [-0.1, -0.05) is 24.3 Å². The van der Waals surface area contributed by atoms with Crippen molar-refractivity contribution >= 4 is 35.4 Å². The van der Waals surface area contributed by atoms with E-state index in [2.05, 4.69) is 26.6 Å². The van der Waals surface area contributed by atoms with E-state index in [4.69, 9.17) is 14.9 Å². The Morgan fingerprint density at radius 1 is 0.960 bits per heavy atom. The molecule has 1 aromatic heterocycles. The second-order valence-electron chi connectivity index (χ2n) is 12.3. The lowest BCUT2D eigenvalue weighted by Crippen LogP contribution is -2.49. The van der Waals surface area contributed by atoms with Crippen LogP contribution in [0.15, 0.2) is 59.2 Å². The summed E-state index contributed by atoms with van der Waals surface area (Å²) < 4.78 is 10.8. The Kier molecular flexibility index (Phi) is 15.0. The molecule has 3 atom stereocenters. The van der Waals surface area contributed by atoms with Crippen LogP contribution in [-0.4, -0.2) is 98.4 Å². The first-order chi connectivity index (χ1) is 24.2. The maximum Gasteiger partial charge on any atom is 0.246 e. The van der Waals surface area contributed by atoms with Crippen LogP contribution in [0.2, 0.25) is 0 Å². The molecule has 2 aliphatic heterocycles. The lowest BCUT2D eigenvalue weighted by molar-refractivity contribution is -0.131. The molecule has 0 unspecified atom stereocenters. The molecule has 3 heterocycles. The number of piperidine rings is 1. The highest BCUT2D eigenvalue weighted by Gasteiger charge is 2.28. The quantitative estimate of drug-likeness (QED) is 0.195. The summed E-state index contributed by atoms with van der Waals surface area (Å²) in [6.07, 6.45) is 5.46. The predicted molar refractivity (Wildman–Crippen MR) is 182 cm³/mol. The second-order valence-corrected chi connectivity index (χ2v) is 12.3. The first kappa shape index (κ1) is 37.8. The molecular weight excluding hydrogens is 646 g/mol. The Labute approximate surface area is 291 Å². The van der Waals surface area contributed by atoms with Crippen molar-refractivity contribution in [1.82, 2.24) is 31.5 Å². The molecule has 4 rings (SSSR count). The van der Waals surface area contributed by atoms with Crippen LogP contribution in [0.25, 0.3) is 0 Å². The van der Waals surface area contributed by atoms with E-state index >= 15 is 0 Å². The average Bonchev–Trinajstić information content (AvgIpc) is 3.62. The summed E-state index contributed by atoms with van der Waals surface area (Å²) >= 11 is 0. The van der Waals surface area contributed by atoms with Crippen molar-refractivity contribution in [2.45, 2.75) is 57.2 Å². The summed E-state index contributed by atoms with van der Waals surface area (Å²) in [6, 6.07) is 8.61. The van der Waals surface area contributed by atoms with E-state index in [1.54, 1.807) is 41.3 Å². The molecule has 0 saturated carbocycles. The van der Waals surface area contributed by atoms with Crippen LogP contribution >= 0.6 is 0 Å². The molecule has 270 valence electrons. The SMILES string of the molecule is NCCOCCNC(=O)[C@@H]1CCNC(=O)/C=C/C(=O)N2CCC[C@H](CC(=O)N[C@@H](Cc3ccco3)C(=O)NCc3ccccc3CC(=O)N1)C2. The summed E-state index contributed by atoms with van der Waals surface area (Å²) in [5.41, 5.74) is 6.75. The Bertz CT molecular complexity index is 1500. The lowest BCUT2D eigenvalue weighted by atomic mass is 9.94. The second kappa shape index (κ2) is 19.8. The lowest BCUT2D eigenvalue weighted by Gasteiger charge is -2.32. The fourth-order valence-corrected chi connectivity index (χ4v) is 5.89. The Hall–Kier alpha value is -5.02. The van der Waals surface area contributed by atoms with Gasteiger partial charge in [-0.15, -0.1) is 0 Å². The van der Waals surface area contributed by atoms with E-state index in [1.165, 1.54) is 12.3 Å². The highest BCUT2D eigenvalue weighted by molar-refractivity contribution is 5.97. The van der Waals surface area contributed by atoms with Crippen LogP contribution in [0, 0.1) is 5.92 Å². The van der Waals surface area contributed by atoms with Crippen LogP contribution in [0.5, 0.6) is 0 Å². The van der Waals surface area contributed by atoms with Crippen molar-refractivity contribution in [3.63, 3.8) is 0 Å². The number of amides is 6.